The van der Waals surface area contributed by atoms with Gasteiger partial charge in [-0.15, -0.1) is 0 Å². The first kappa shape index (κ1) is 12.9. The Kier molecular flexibility index (Phi) is 5.02. The van der Waals surface area contributed by atoms with Crippen molar-refractivity contribution < 1.29 is 9.84 Å². The molecule has 0 radical (unpaired) electrons. The van der Waals surface area contributed by atoms with Crippen LogP contribution >= 0.6 is 22.6 Å². The number of halogens is 1. The molecule has 0 aromatic heterocycles. The SMILES string of the molecule is COCCCC(C)(O)c1ccc(I)cc1. The van der Waals surface area contributed by atoms with Crippen LogP contribution in [-0.4, -0.2) is 18.8 Å². The van der Waals surface area contributed by atoms with E-state index in [-0.39, 0.29) is 0 Å². The van der Waals surface area contributed by atoms with Gasteiger partial charge in [0.2, 0.25) is 0 Å². The van der Waals surface area contributed by atoms with Crippen LogP contribution in [0.25, 0.3) is 0 Å². The topological polar surface area (TPSA) is 29.5 Å². The van der Waals surface area contributed by atoms with Crippen LogP contribution in [0.3, 0.4) is 0 Å². The second-order valence-electron chi connectivity index (χ2n) is 3.88. The van der Waals surface area contributed by atoms with Crippen molar-refractivity contribution in [2.45, 2.75) is 25.4 Å². The number of aliphatic hydroxyl groups is 1. The van der Waals surface area contributed by atoms with Gasteiger partial charge in [0, 0.05) is 17.3 Å². The normalized spacial score (nSPS) is 14.9. The lowest BCUT2D eigenvalue weighted by molar-refractivity contribution is 0.0372. The third-order valence-electron chi connectivity index (χ3n) is 2.48. The van der Waals surface area contributed by atoms with Crippen molar-refractivity contribution in [2.24, 2.45) is 0 Å². The summed E-state index contributed by atoms with van der Waals surface area (Å²) in [5, 5.41) is 10.2. The maximum atomic E-state index is 10.2. The predicted octanol–water partition coefficient (Wildman–Crippen LogP) is 2.93. The van der Waals surface area contributed by atoms with Crippen LogP contribution in [0.4, 0.5) is 0 Å². The van der Waals surface area contributed by atoms with Gasteiger partial charge in [-0.3, -0.25) is 0 Å². The van der Waals surface area contributed by atoms with Gasteiger partial charge < -0.3 is 9.84 Å². The lowest BCUT2D eigenvalue weighted by atomic mass is 9.91. The summed E-state index contributed by atoms with van der Waals surface area (Å²) in [6.07, 6.45) is 1.59. The third-order valence-corrected chi connectivity index (χ3v) is 3.20. The van der Waals surface area contributed by atoms with Crippen molar-refractivity contribution >= 4 is 22.6 Å². The Bertz CT molecular complexity index is 293. The number of hydrogen-bond donors (Lipinski definition) is 1. The summed E-state index contributed by atoms with van der Waals surface area (Å²) < 4.78 is 6.16. The summed E-state index contributed by atoms with van der Waals surface area (Å²) in [7, 11) is 1.68. The largest absolute Gasteiger partial charge is 0.385 e. The Labute approximate surface area is 105 Å². The van der Waals surface area contributed by atoms with E-state index in [9.17, 15) is 5.11 Å². The zero-order valence-corrected chi connectivity index (χ0v) is 11.3. The highest BCUT2D eigenvalue weighted by Gasteiger charge is 2.21. The highest BCUT2D eigenvalue weighted by atomic mass is 127. The first-order valence-electron chi connectivity index (χ1n) is 5.03. The molecule has 0 saturated heterocycles. The van der Waals surface area contributed by atoms with Crippen LogP contribution < -0.4 is 0 Å². The molecule has 1 unspecified atom stereocenters. The average molecular weight is 320 g/mol. The molecule has 2 nitrogen and oxygen atoms in total. The zero-order chi connectivity index (χ0) is 11.3. The smallest absolute Gasteiger partial charge is 0.0869 e. The summed E-state index contributed by atoms with van der Waals surface area (Å²) in [6, 6.07) is 7.99. The number of benzene rings is 1. The van der Waals surface area contributed by atoms with Crippen molar-refractivity contribution in [2.75, 3.05) is 13.7 Å². The van der Waals surface area contributed by atoms with Gasteiger partial charge in [-0.1, -0.05) is 12.1 Å². The Morgan fingerprint density at radius 2 is 1.93 bits per heavy atom. The molecule has 1 rings (SSSR count). The van der Waals surface area contributed by atoms with Gasteiger partial charge in [-0.25, -0.2) is 0 Å². The van der Waals surface area contributed by atoms with Crippen molar-refractivity contribution in [1.82, 2.24) is 0 Å². The molecule has 0 spiro atoms. The molecular weight excluding hydrogens is 303 g/mol. The molecule has 0 aliphatic carbocycles. The van der Waals surface area contributed by atoms with Crippen LogP contribution in [0.1, 0.15) is 25.3 Å². The van der Waals surface area contributed by atoms with E-state index in [1.807, 2.05) is 31.2 Å². The molecule has 0 aliphatic heterocycles. The molecule has 0 bridgehead atoms. The molecule has 0 aliphatic rings. The molecule has 0 heterocycles. The van der Waals surface area contributed by atoms with E-state index in [2.05, 4.69) is 22.6 Å². The summed E-state index contributed by atoms with van der Waals surface area (Å²) in [5.41, 5.74) is 0.224. The summed E-state index contributed by atoms with van der Waals surface area (Å²) >= 11 is 2.26. The van der Waals surface area contributed by atoms with E-state index >= 15 is 0 Å². The second kappa shape index (κ2) is 5.82. The van der Waals surface area contributed by atoms with Gasteiger partial charge in [0.25, 0.3) is 0 Å². The molecule has 0 amide bonds. The lowest BCUT2D eigenvalue weighted by Crippen LogP contribution is -2.21. The van der Waals surface area contributed by atoms with E-state index < -0.39 is 5.60 Å². The monoisotopic (exact) mass is 320 g/mol. The van der Waals surface area contributed by atoms with Crippen LogP contribution in [0.2, 0.25) is 0 Å². The first-order valence-corrected chi connectivity index (χ1v) is 6.11. The maximum Gasteiger partial charge on any atom is 0.0869 e. The highest BCUT2D eigenvalue weighted by Crippen LogP contribution is 2.26. The van der Waals surface area contributed by atoms with Gasteiger partial charge >= 0.3 is 0 Å². The quantitative estimate of drug-likeness (QED) is 0.668. The van der Waals surface area contributed by atoms with E-state index in [4.69, 9.17) is 4.74 Å². The van der Waals surface area contributed by atoms with Crippen molar-refractivity contribution in [3.8, 4) is 0 Å². The molecule has 15 heavy (non-hydrogen) atoms. The van der Waals surface area contributed by atoms with Crippen molar-refractivity contribution in [1.29, 1.82) is 0 Å². The van der Waals surface area contributed by atoms with E-state index in [1.165, 1.54) is 3.57 Å². The predicted molar refractivity (Wildman–Crippen MR) is 69.8 cm³/mol. The van der Waals surface area contributed by atoms with Crippen LogP contribution in [-0.2, 0) is 10.3 Å². The Morgan fingerprint density at radius 1 is 1.33 bits per heavy atom. The van der Waals surface area contributed by atoms with Gasteiger partial charge in [0.15, 0.2) is 0 Å². The Hall–Kier alpha value is -0.130. The molecule has 0 fully saturated rings. The molecule has 84 valence electrons. The standard InChI is InChI=1S/C12H17IO2/c1-12(14,8-3-9-15-2)10-4-6-11(13)7-5-10/h4-7,14H,3,8-9H2,1-2H3. The first-order chi connectivity index (χ1) is 7.06. The lowest BCUT2D eigenvalue weighted by Gasteiger charge is -2.23. The fourth-order valence-corrected chi connectivity index (χ4v) is 1.87. The number of methoxy groups -OCH3 is 1. The van der Waals surface area contributed by atoms with Crippen LogP contribution in [0.15, 0.2) is 24.3 Å². The summed E-state index contributed by atoms with van der Waals surface area (Å²) in [6.45, 7) is 2.55. The Morgan fingerprint density at radius 3 is 2.47 bits per heavy atom. The highest BCUT2D eigenvalue weighted by molar-refractivity contribution is 14.1. The van der Waals surface area contributed by atoms with Crippen LogP contribution in [0, 0.1) is 3.57 Å². The van der Waals surface area contributed by atoms with Crippen molar-refractivity contribution in [3.05, 3.63) is 33.4 Å². The van der Waals surface area contributed by atoms with Gasteiger partial charge in [-0.2, -0.15) is 0 Å². The fraction of sp³-hybridized carbons (Fsp3) is 0.500. The number of ether oxygens (including phenoxy) is 1. The minimum Gasteiger partial charge on any atom is -0.385 e. The molecule has 1 atom stereocenters. The summed E-state index contributed by atoms with van der Waals surface area (Å²) in [4.78, 5) is 0. The zero-order valence-electron chi connectivity index (χ0n) is 9.16. The van der Waals surface area contributed by atoms with Crippen LogP contribution in [0.5, 0.6) is 0 Å². The molecule has 1 N–H and O–H groups in total. The summed E-state index contributed by atoms with van der Waals surface area (Å²) in [5.74, 6) is 0. The van der Waals surface area contributed by atoms with Crippen molar-refractivity contribution in [3.63, 3.8) is 0 Å². The number of hydrogen-bond acceptors (Lipinski definition) is 2. The van der Waals surface area contributed by atoms with Gasteiger partial charge in [0.05, 0.1) is 5.60 Å². The average Bonchev–Trinajstić information content (AvgIpc) is 2.18. The minimum atomic E-state index is -0.747. The minimum absolute atomic E-state index is 0.695. The maximum absolute atomic E-state index is 10.2. The molecular formula is C12H17IO2. The number of rotatable bonds is 5. The van der Waals surface area contributed by atoms with E-state index in [0.29, 0.717) is 6.61 Å². The van der Waals surface area contributed by atoms with E-state index in [1.54, 1.807) is 7.11 Å². The third kappa shape index (κ3) is 4.09. The molecule has 3 heteroatoms. The van der Waals surface area contributed by atoms with Gasteiger partial charge in [0.1, 0.15) is 0 Å². The van der Waals surface area contributed by atoms with E-state index in [0.717, 1.165) is 18.4 Å². The molecule has 0 saturated carbocycles. The molecule has 1 aromatic rings. The second-order valence-corrected chi connectivity index (χ2v) is 5.12. The fourth-order valence-electron chi connectivity index (χ4n) is 1.51. The molecule has 1 aromatic carbocycles. The van der Waals surface area contributed by atoms with Gasteiger partial charge in [-0.05, 0) is 60.1 Å². The Balaban J connectivity index is 2.63.